The van der Waals surface area contributed by atoms with Crippen LogP contribution in [0.25, 0.3) is 0 Å². The van der Waals surface area contributed by atoms with Gasteiger partial charge in [-0.05, 0) is 23.8 Å². The van der Waals surface area contributed by atoms with Gasteiger partial charge in [-0.1, -0.05) is 27.5 Å². The van der Waals surface area contributed by atoms with E-state index < -0.39 is 18.8 Å². The Morgan fingerprint density at radius 2 is 2.06 bits per heavy atom. The summed E-state index contributed by atoms with van der Waals surface area (Å²) in [5.74, 6) is 0. The number of hydrogen-bond donors (Lipinski definition) is 2. The Morgan fingerprint density at radius 1 is 1.41 bits per heavy atom. The lowest BCUT2D eigenvalue weighted by molar-refractivity contribution is -0.126. The minimum Gasteiger partial charge on any atom is -0.329 e. The molecule has 0 aliphatic heterocycles. The van der Waals surface area contributed by atoms with Crippen molar-refractivity contribution in [3.8, 4) is 0 Å². The third-order valence-electron chi connectivity index (χ3n) is 2.12. The van der Waals surface area contributed by atoms with E-state index in [-0.39, 0.29) is 6.54 Å². The van der Waals surface area contributed by atoms with Crippen molar-refractivity contribution in [2.24, 2.45) is 5.73 Å². The molecule has 0 spiro atoms. The molecule has 0 aromatic heterocycles. The van der Waals surface area contributed by atoms with E-state index in [0.29, 0.717) is 10.6 Å². The summed E-state index contributed by atoms with van der Waals surface area (Å²) in [6, 6.07) is 4.35. The molecule has 0 bridgehead atoms. The van der Waals surface area contributed by atoms with Gasteiger partial charge in [0.25, 0.3) is 0 Å². The van der Waals surface area contributed by atoms with Crippen LogP contribution in [0.5, 0.6) is 0 Å². The molecule has 0 fully saturated rings. The van der Waals surface area contributed by atoms with Crippen LogP contribution in [-0.2, 0) is 0 Å². The molecule has 0 aliphatic rings. The summed E-state index contributed by atoms with van der Waals surface area (Å²) in [7, 11) is 0. The zero-order valence-electron chi connectivity index (χ0n) is 8.69. The van der Waals surface area contributed by atoms with Crippen molar-refractivity contribution in [3.63, 3.8) is 0 Å². The zero-order chi connectivity index (χ0) is 13.1. The van der Waals surface area contributed by atoms with Crippen molar-refractivity contribution in [1.82, 2.24) is 5.32 Å². The quantitative estimate of drug-likeness (QED) is 0.889. The highest BCUT2D eigenvalue weighted by atomic mass is 79.9. The lowest BCUT2D eigenvalue weighted by atomic mass is 10.1. The minimum atomic E-state index is -4.27. The summed E-state index contributed by atoms with van der Waals surface area (Å²) < 4.78 is 37.0. The van der Waals surface area contributed by atoms with E-state index in [1.165, 1.54) is 0 Å². The molecule has 0 heterocycles. The SMILES string of the molecule is NCC(NCC(F)(F)F)c1cc(Br)ccc1Cl. The average Bonchev–Trinajstić information content (AvgIpc) is 2.22. The van der Waals surface area contributed by atoms with E-state index in [2.05, 4.69) is 21.2 Å². The van der Waals surface area contributed by atoms with Crippen LogP contribution in [0.2, 0.25) is 5.02 Å². The van der Waals surface area contributed by atoms with Crippen molar-refractivity contribution in [3.05, 3.63) is 33.3 Å². The molecule has 0 saturated heterocycles. The second-order valence-electron chi connectivity index (χ2n) is 3.45. The molecule has 0 amide bonds. The summed E-state index contributed by atoms with van der Waals surface area (Å²) in [6.07, 6.45) is -4.27. The Balaban J connectivity index is 2.82. The maximum absolute atomic E-state index is 12.1. The summed E-state index contributed by atoms with van der Waals surface area (Å²) in [5.41, 5.74) is 6.00. The maximum Gasteiger partial charge on any atom is 0.401 e. The molecule has 3 N–H and O–H groups in total. The summed E-state index contributed by atoms with van der Waals surface area (Å²) >= 11 is 9.16. The summed E-state index contributed by atoms with van der Waals surface area (Å²) in [4.78, 5) is 0. The first-order valence-electron chi connectivity index (χ1n) is 4.78. The first-order chi connectivity index (χ1) is 7.83. The Labute approximate surface area is 110 Å². The molecule has 0 radical (unpaired) electrons. The van der Waals surface area contributed by atoms with Crippen molar-refractivity contribution >= 4 is 27.5 Å². The molecular weight excluding hydrogens is 320 g/mol. The number of benzene rings is 1. The molecule has 1 atom stereocenters. The third kappa shape index (κ3) is 4.83. The maximum atomic E-state index is 12.1. The fourth-order valence-electron chi connectivity index (χ4n) is 1.34. The molecule has 96 valence electrons. The Morgan fingerprint density at radius 3 is 2.59 bits per heavy atom. The van der Waals surface area contributed by atoms with E-state index in [1.54, 1.807) is 18.2 Å². The molecule has 1 rings (SSSR count). The minimum absolute atomic E-state index is 0.0340. The molecular formula is C10H11BrClF3N2. The number of nitrogens with one attached hydrogen (secondary N) is 1. The largest absolute Gasteiger partial charge is 0.401 e. The monoisotopic (exact) mass is 330 g/mol. The van der Waals surface area contributed by atoms with Gasteiger partial charge in [0.15, 0.2) is 0 Å². The number of rotatable bonds is 4. The highest BCUT2D eigenvalue weighted by molar-refractivity contribution is 9.10. The van der Waals surface area contributed by atoms with E-state index in [0.717, 1.165) is 4.47 Å². The van der Waals surface area contributed by atoms with Crippen LogP contribution in [0.4, 0.5) is 13.2 Å². The molecule has 0 saturated carbocycles. The van der Waals surface area contributed by atoms with Gasteiger partial charge in [-0.25, -0.2) is 0 Å². The highest BCUT2D eigenvalue weighted by Crippen LogP contribution is 2.26. The lowest BCUT2D eigenvalue weighted by Gasteiger charge is -2.19. The molecule has 1 aromatic rings. The van der Waals surface area contributed by atoms with Gasteiger partial charge in [0, 0.05) is 22.1 Å². The van der Waals surface area contributed by atoms with Crippen molar-refractivity contribution in [2.45, 2.75) is 12.2 Å². The molecule has 0 aliphatic carbocycles. The van der Waals surface area contributed by atoms with Gasteiger partial charge in [0.05, 0.1) is 6.54 Å². The van der Waals surface area contributed by atoms with Gasteiger partial charge in [-0.3, -0.25) is 0 Å². The Bertz CT molecular complexity index is 384. The number of alkyl halides is 3. The standard InChI is InChI=1S/C10H11BrClF3N2/c11-6-1-2-8(12)7(3-6)9(4-16)17-5-10(13,14)15/h1-3,9,17H,4-5,16H2. The van der Waals surface area contributed by atoms with Crippen LogP contribution in [0.3, 0.4) is 0 Å². The van der Waals surface area contributed by atoms with Crippen LogP contribution in [0.1, 0.15) is 11.6 Å². The predicted molar refractivity (Wildman–Crippen MR) is 65.0 cm³/mol. The van der Waals surface area contributed by atoms with Gasteiger partial charge in [0.2, 0.25) is 0 Å². The molecule has 7 heteroatoms. The van der Waals surface area contributed by atoms with E-state index in [9.17, 15) is 13.2 Å². The van der Waals surface area contributed by atoms with Crippen molar-refractivity contribution < 1.29 is 13.2 Å². The smallest absolute Gasteiger partial charge is 0.329 e. The fourth-order valence-corrected chi connectivity index (χ4v) is 1.97. The van der Waals surface area contributed by atoms with Crippen molar-refractivity contribution in [1.29, 1.82) is 0 Å². The van der Waals surface area contributed by atoms with Crippen LogP contribution in [0.15, 0.2) is 22.7 Å². The van der Waals surface area contributed by atoms with Crippen LogP contribution in [0, 0.1) is 0 Å². The Kier molecular flexibility index (Phi) is 5.24. The first kappa shape index (κ1) is 14.8. The van der Waals surface area contributed by atoms with Gasteiger partial charge in [-0.15, -0.1) is 0 Å². The second kappa shape index (κ2) is 6.04. The van der Waals surface area contributed by atoms with Crippen LogP contribution < -0.4 is 11.1 Å². The Hall–Kier alpha value is -0.300. The summed E-state index contributed by atoms with van der Waals surface area (Å²) in [5, 5.41) is 2.73. The highest BCUT2D eigenvalue weighted by Gasteiger charge is 2.28. The van der Waals surface area contributed by atoms with E-state index >= 15 is 0 Å². The van der Waals surface area contributed by atoms with Crippen LogP contribution >= 0.6 is 27.5 Å². The van der Waals surface area contributed by atoms with Gasteiger partial charge in [0.1, 0.15) is 0 Å². The first-order valence-corrected chi connectivity index (χ1v) is 5.95. The van der Waals surface area contributed by atoms with Gasteiger partial charge < -0.3 is 11.1 Å². The topological polar surface area (TPSA) is 38.0 Å². The predicted octanol–water partition coefficient (Wildman–Crippen LogP) is 3.25. The van der Waals surface area contributed by atoms with Crippen LogP contribution in [-0.4, -0.2) is 19.3 Å². The summed E-state index contributed by atoms with van der Waals surface area (Å²) in [6.45, 7) is -1.07. The number of halogens is 5. The fraction of sp³-hybridized carbons (Fsp3) is 0.400. The normalized spacial score (nSPS) is 13.8. The van der Waals surface area contributed by atoms with E-state index in [1.807, 2.05) is 0 Å². The molecule has 1 aromatic carbocycles. The van der Waals surface area contributed by atoms with Gasteiger partial charge in [-0.2, -0.15) is 13.2 Å². The average molecular weight is 332 g/mol. The molecule has 17 heavy (non-hydrogen) atoms. The molecule has 1 unspecified atom stereocenters. The third-order valence-corrected chi connectivity index (χ3v) is 2.96. The number of hydrogen-bond acceptors (Lipinski definition) is 2. The van der Waals surface area contributed by atoms with Crippen molar-refractivity contribution in [2.75, 3.05) is 13.1 Å². The lowest BCUT2D eigenvalue weighted by Crippen LogP contribution is -2.35. The second-order valence-corrected chi connectivity index (χ2v) is 4.77. The van der Waals surface area contributed by atoms with E-state index in [4.69, 9.17) is 17.3 Å². The number of nitrogens with two attached hydrogens (primary N) is 1. The van der Waals surface area contributed by atoms with Gasteiger partial charge >= 0.3 is 6.18 Å². The zero-order valence-corrected chi connectivity index (χ0v) is 11.0. The molecule has 2 nitrogen and oxygen atoms in total.